The van der Waals surface area contributed by atoms with E-state index in [0.717, 1.165) is 15.9 Å². The number of H-pyrrole nitrogens is 1. The van der Waals surface area contributed by atoms with Crippen LogP contribution in [0.15, 0.2) is 42.5 Å². The van der Waals surface area contributed by atoms with Crippen LogP contribution >= 0.6 is 0 Å². The van der Waals surface area contributed by atoms with Crippen molar-refractivity contribution in [2.24, 2.45) is 0 Å². The summed E-state index contributed by atoms with van der Waals surface area (Å²) < 4.78 is 0. The van der Waals surface area contributed by atoms with Gasteiger partial charge < -0.3 is 9.88 Å². The molecular weight excluding hydrogens is 332 g/mol. The molecule has 26 heavy (non-hydrogen) atoms. The molecule has 0 atom stereocenters. The quantitative estimate of drug-likeness (QED) is 0.734. The third kappa shape index (κ3) is 2.45. The first kappa shape index (κ1) is 16.0. The van der Waals surface area contributed by atoms with E-state index in [2.05, 4.69) is 9.97 Å². The molecule has 130 valence electrons. The van der Waals surface area contributed by atoms with Gasteiger partial charge in [0.25, 0.3) is 17.7 Å². The van der Waals surface area contributed by atoms with Gasteiger partial charge in [-0.1, -0.05) is 12.1 Å². The topological polar surface area (TPSA) is 86.4 Å². The number of aromatic amines is 1. The molecule has 1 aromatic heterocycles. The fourth-order valence-corrected chi connectivity index (χ4v) is 3.09. The van der Waals surface area contributed by atoms with E-state index in [-0.39, 0.29) is 23.3 Å². The molecule has 0 fully saturated rings. The average Bonchev–Trinajstić information content (AvgIpc) is 3.15. The zero-order chi connectivity index (χ0) is 18.4. The number of carbonyl (C=O) groups is 3. The highest BCUT2D eigenvalue weighted by Gasteiger charge is 2.33. The van der Waals surface area contributed by atoms with Crippen molar-refractivity contribution in [3.05, 3.63) is 65.0 Å². The van der Waals surface area contributed by atoms with Crippen LogP contribution in [0.1, 0.15) is 36.9 Å². The van der Waals surface area contributed by atoms with Gasteiger partial charge in [-0.05, 0) is 30.3 Å². The van der Waals surface area contributed by atoms with Crippen LogP contribution < -0.4 is 0 Å². The number of fused-ring (bicyclic) bond motifs is 2. The summed E-state index contributed by atoms with van der Waals surface area (Å²) in [7, 11) is 3.10. The number of benzene rings is 2. The lowest BCUT2D eigenvalue weighted by Gasteiger charge is -2.16. The first-order valence-corrected chi connectivity index (χ1v) is 8.11. The zero-order valence-electron chi connectivity index (χ0n) is 14.3. The Balaban J connectivity index is 1.58. The molecule has 0 aliphatic carbocycles. The van der Waals surface area contributed by atoms with Gasteiger partial charge in [-0.2, -0.15) is 0 Å². The van der Waals surface area contributed by atoms with E-state index in [9.17, 15) is 14.4 Å². The molecule has 1 aliphatic rings. The molecule has 7 nitrogen and oxygen atoms in total. The SMILES string of the molecule is CN(Cc1nc2ccccc2[nH]1)C(=O)c1ccc2c(c1)C(=O)N(C)C2=O. The second-order valence-corrected chi connectivity index (χ2v) is 6.29. The maximum atomic E-state index is 12.7. The van der Waals surface area contributed by atoms with Crippen LogP contribution in [0.25, 0.3) is 11.0 Å². The van der Waals surface area contributed by atoms with E-state index in [1.807, 2.05) is 24.3 Å². The molecule has 3 amide bonds. The number of carbonyl (C=O) groups excluding carboxylic acids is 3. The highest BCUT2D eigenvalue weighted by atomic mass is 16.2. The van der Waals surface area contributed by atoms with Crippen LogP contribution in [0.5, 0.6) is 0 Å². The molecule has 2 heterocycles. The number of hydrogen-bond acceptors (Lipinski definition) is 4. The number of aromatic nitrogens is 2. The van der Waals surface area contributed by atoms with Crippen LogP contribution in [0.4, 0.5) is 0 Å². The second kappa shape index (κ2) is 5.80. The molecular formula is C19H16N4O3. The summed E-state index contributed by atoms with van der Waals surface area (Å²) in [6.45, 7) is 0.303. The number of imide groups is 1. The number of nitrogens with one attached hydrogen (secondary N) is 1. The molecule has 0 radical (unpaired) electrons. The largest absolute Gasteiger partial charge is 0.340 e. The normalized spacial score (nSPS) is 13.4. The maximum Gasteiger partial charge on any atom is 0.261 e. The summed E-state index contributed by atoms with van der Waals surface area (Å²) in [5.41, 5.74) is 2.70. The van der Waals surface area contributed by atoms with Crippen LogP contribution in [0.3, 0.4) is 0 Å². The minimum atomic E-state index is -0.389. The fraction of sp³-hybridized carbons (Fsp3) is 0.158. The number of amides is 3. The number of imidazole rings is 1. The van der Waals surface area contributed by atoms with Gasteiger partial charge in [0, 0.05) is 19.7 Å². The molecule has 7 heteroatoms. The van der Waals surface area contributed by atoms with Gasteiger partial charge in [-0.25, -0.2) is 4.98 Å². The summed E-state index contributed by atoms with van der Waals surface area (Å²) in [5, 5.41) is 0. The molecule has 0 bridgehead atoms. The van der Waals surface area contributed by atoms with E-state index in [1.54, 1.807) is 13.1 Å². The lowest BCUT2D eigenvalue weighted by molar-refractivity contribution is 0.0692. The Kier molecular flexibility index (Phi) is 3.57. The summed E-state index contributed by atoms with van der Waals surface area (Å²) in [6.07, 6.45) is 0. The number of para-hydroxylation sites is 2. The maximum absolute atomic E-state index is 12.7. The smallest absolute Gasteiger partial charge is 0.261 e. The van der Waals surface area contributed by atoms with E-state index in [4.69, 9.17) is 0 Å². The third-order valence-corrected chi connectivity index (χ3v) is 4.51. The van der Waals surface area contributed by atoms with E-state index < -0.39 is 0 Å². The Morgan fingerprint density at radius 3 is 2.62 bits per heavy atom. The van der Waals surface area contributed by atoms with Crippen molar-refractivity contribution in [2.75, 3.05) is 14.1 Å². The van der Waals surface area contributed by atoms with Gasteiger partial charge in [-0.3, -0.25) is 19.3 Å². The van der Waals surface area contributed by atoms with Crippen molar-refractivity contribution in [2.45, 2.75) is 6.54 Å². The Labute approximate surface area is 149 Å². The number of rotatable bonds is 3. The van der Waals surface area contributed by atoms with Crippen LogP contribution in [0.2, 0.25) is 0 Å². The summed E-state index contributed by atoms with van der Waals surface area (Å²) in [6, 6.07) is 12.2. The second-order valence-electron chi connectivity index (χ2n) is 6.29. The monoisotopic (exact) mass is 348 g/mol. The average molecular weight is 348 g/mol. The molecule has 4 rings (SSSR count). The van der Waals surface area contributed by atoms with Crippen molar-refractivity contribution < 1.29 is 14.4 Å². The summed E-state index contributed by atoms with van der Waals surface area (Å²) >= 11 is 0. The Morgan fingerprint density at radius 1 is 1.12 bits per heavy atom. The highest BCUT2D eigenvalue weighted by Crippen LogP contribution is 2.23. The van der Waals surface area contributed by atoms with Gasteiger partial charge in [0.15, 0.2) is 0 Å². The molecule has 3 aromatic rings. The van der Waals surface area contributed by atoms with Crippen molar-refractivity contribution in [3.8, 4) is 0 Å². The molecule has 1 N–H and O–H groups in total. The Bertz CT molecular complexity index is 1040. The van der Waals surface area contributed by atoms with Crippen molar-refractivity contribution >= 4 is 28.8 Å². The first-order chi connectivity index (χ1) is 12.5. The van der Waals surface area contributed by atoms with Gasteiger partial charge in [0.2, 0.25) is 0 Å². The Morgan fingerprint density at radius 2 is 1.85 bits per heavy atom. The molecule has 0 unspecified atom stereocenters. The summed E-state index contributed by atoms with van der Waals surface area (Å²) in [4.78, 5) is 47.0. The predicted octanol–water partition coefficient (Wildman–Crippen LogP) is 2.06. The highest BCUT2D eigenvalue weighted by molar-refractivity contribution is 6.21. The van der Waals surface area contributed by atoms with Gasteiger partial charge in [-0.15, -0.1) is 0 Å². The van der Waals surface area contributed by atoms with Crippen molar-refractivity contribution in [1.29, 1.82) is 0 Å². The van der Waals surface area contributed by atoms with Crippen LogP contribution in [0, 0.1) is 0 Å². The van der Waals surface area contributed by atoms with Crippen molar-refractivity contribution in [1.82, 2.24) is 19.8 Å². The number of hydrogen-bond donors (Lipinski definition) is 1. The van der Waals surface area contributed by atoms with Gasteiger partial charge in [0.05, 0.1) is 28.7 Å². The van der Waals surface area contributed by atoms with Gasteiger partial charge >= 0.3 is 0 Å². The van der Waals surface area contributed by atoms with Crippen LogP contribution in [-0.2, 0) is 6.54 Å². The molecule has 0 saturated carbocycles. The van der Waals surface area contributed by atoms with E-state index >= 15 is 0 Å². The van der Waals surface area contributed by atoms with Crippen molar-refractivity contribution in [3.63, 3.8) is 0 Å². The predicted molar refractivity (Wildman–Crippen MR) is 94.8 cm³/mol. The minimum Gasteiger partial charge on any atom is -0.340 e. The standard InChI is InChI=1S/C19H16N4O3/c1-22(10-16-20-14-5-3-4-6-15(14)21-16)17(24)11-7-8-12-13(9-11)19(26)23(2)18(12)25/h3-9H,10H2,1-2H3,(H,20,21). The Hall–Kier alpha value is -3.48. The molecule has 0 saturated heterocycles. The molecule has 0 spiro atoms. The fourth-order valence-electron chi connectivity index (χ4n) is 3.09. The lowest BCUT2D eigenvalue weighted by atomic mass is 10.0. The number of nitrogens with zero attached hydrogens (tertiary/aromatic N) is 3. The van der Waals surface area contributed by atoms with Gasteiger partial charge in [0.1, 0.15) is 5.82 Å². The molecule has 2 aromatic carbocycles. The summed E-state index contributed by atoms with van der Waals surface area (Å²) in [5.74, 6) is -0.309. The van der Waals surface area contributed by atoms with Crippen LogP contribution in [-0.4, -0.2) is 51.6 Å². The van der Waals surface area contributed by atoms with E-state index in [1.165, 1.54) is 24.1 Å². The molecule has 1 aliphatic heterocycles. The lowest BCUT2D eigenvalue weighted by Crippen LogP contribution is -2.27. The van der Waals surface area contributed by atoms with E-state index in [0.29, 0.717) is 23.5 Å². The minimum absolute atomic E-state index is 0.247. The first-order valence-electron chi connectivity index (χ1n) is 8.11. The third-order valence-electron chi connectivity index (χ3n) is 4.51. The zero-order valence-corrected chi connectivity index (χ0v) is 14.3.